The SMILES string of the molecule is CN(C)COC(=O)c1ccc(F)cc1. The fraction of sp³-hybridized carbons (Fsp3) is 0.300. The number of esters is 1. The molecule has 1 aromatic carbocycles. The van der Waals surface area contributed by atoms with Gasteiger partial charge in [0.05, 0.1) is 5.56 Å². The lowest BCUT2D eigenvalue weighted by Crippen LogP contribution is -2.19. The van der Waals surface area contributed by atoms with E-state index in [1.54, 1.807) is 19.0 Å². The molecule has 0 spiro atoms. The van der Waals surface area contributed by atoms with Gasteiger partial charge in [0.2, 0.25) is 0 Å². The van der Waals surface area contributed by atoms with E-state index in [0.29, 0.717) is 5.56 Å². The van der Waals surface area contributed by atoms with Crippen LogP contribution in [0, 0.1) is 5.82 Å². The van der Waals surface area contributed by atoms with Gasteiger partial charge in [0.1, 0.15) is 12.5 Å². The Bertz CT molecular complexity index is 308. The van der Waals surface area contributed by atoms with E-state index >= 15 is 0 Å². The Kier molecular flexibility index (Phi) is 3.59. The second kappa shape index (κ2) is 4.72. The highest BCUT2D eigenvalue weighted by Crippen LogP contribution is 2.04. The predicted octanol–water partition coefficient (Wildman–Crippen LogP) is 1.50. The van der Waals surface area contributed by atoms with Crippen LogP contribution in [0.25, 0.3) is 0 Å². The van der Waals surface area contributed by atoms with Gasteiger partial charge in [0.25, 0.3) is 0 Å². The lowest BCUT2D eigenvalue weighted by molar-refractivity contribution is 0.0319. The number of nitrogens with zero attached hydrogens (tertiary/aromatic N) is 1. The molecule has 3 nitrogen and oxygen atoms in total. The number of carbonyl (C=O) groups is 1. The molecule has 1 aromatic rings. The van der Waals surface area contributed by atoms with Crippen molar-refractivity contribution in [2.45, 2.75) is 0 Å². The topological polar surface area (TPSA) is 29.5 Å². The van der Waals surface area contributed by atoms with Crippen molar-refractivity contribution in [3.63, 3.8) is 0 Å². The molecule has 0 radical (unpaired) electrons. The van der Waals surface area contributed by atoms with Gasteiger partial charge in [-0.3, -0.25) is 4.90 Å². The second-order valence-electron chi connectivity index (χ2n) is 3.15. The summed E-state index contributed by atoms with van der Waals surface area (Å²) >= 11 is 0. The first-order valence-electron chi connectivity index (χ1n) is 4.17. The minimum atomic E-state index is -0.446. The van der Waals surface area contributed by atoms with E-state index in [0.717, 1.165) is 0 Å². The summed E-state index contributed by atoms with van der Waals surface area (Å²) in [6.07, 6.45) is 0. The lowest BCUT2D eigenvalue weighted by atomic mass is 10.2. The molecule has 0 aliphatic carbocycles. The summed E-state index contributed by atoms with van der Waals surface area (Å²) in [6, 6.07) is 5.25. The molecule has 0 heterocycles. The van der Waals surface area contributed by atoms with E-state index < -0.39 is 5.97 Å². The van der Waals surface area contributed by atoms with Crippen LogP contribution in [0.4, 0.5) is 4.39 Å². The van der Waals surface area contributed by atoms with Crippen molar-refractivity contribution >= 4 is 5.97 Å². The molecular weight excluding hydrogens is 185 g/mol. The molecule has 14 heavy (non-hydrogen) atoms. The quantitative estimate of drug-likeness (QED) is 0.543. The molecule has 76 valence electrons. The molecule has 0 saturated carbocycles. The van der Waals surface area contributed by atoms with Crippen LogP contribution in [-0.4, -0.2) is 31.7 Å². The van der Waals surface area contributed by atoms with Crippen molar-refractivity contribution in [2.24, 2.45) is 0 Å². The number of rotatable bonds is 3. The summed E-state index contributed by atoms with van der Waals surface area (Å²) in [5.74, 6) is -0.812. The fourth-order valence-corrected chi connectivity index (χ4v) is 0.857. The van der Waals surface area contributed by atoms with E-state index in [1.807, 2.05) is 0 Å². The average Bonchev–Trinajstić information content (AvgIpc) is 2.15. The van der Waals surface area contributed by atoms with Gasteiger partial charge in [-0.15, -0.1) is 0 Å². The Labute approximate surface area is 82.1 Å². The number of halogens is 1. The standard InChI is InChI=1S/C10H12FNO2/c1-12(2)7-14-10(13)8-3-5-9(11)6-4-8/h3-6H,7H2,1-2H3. The van der Waals surface area contributed by atoms with Gasteiger partial charge in [-0.1, -0.05) is 0 Å². The van der Waals surface area contributed by atoms with E-state index in [1.165, 1.54) is 24.3 Å². The molecule has 0 unspecified atom stereocenters. The van der Waals surface area contributed by atoms with Crippen LogP contribution in [0.1, 0.15) is 10.4 Å². The van der Waals surface area contributed by atoms with Crippen molar-refractivity contribution in [2.75, 3.05) is 20.8 Å². The maximum absolute atomic E-state index is 12.5. The second-order valence-corrected chi connectivity index (χ2v) is 3.15. The van der Waals surface area contributed by atoms with Crippen LogP contribution in [0.3, 0.4) is 0 Å². The van der Waals surface area contributed by atoms with Crippen LogP contribution in [0.5, 0.6) is 0 Å². The summed E-state index contributed by atoms with van der Waals surface area (Å²) in [5, 5.41) is 0. The fourth-order valence-electron chi connectivity index (χ4n) is 0.857. The molecule has 0 amide bonds. The summed E-state index contributed by atoms with van der Waals surface area (Å²) in [4.78, 5) is 13.0. The first-order valence-corrected chi connectivity index (χ1v) is 4.17. The van der Waals surface area contributed by atoms with Crippen molar-refractivity contribution in [3.8, 4) is 0 Å². The van der Waals surface area contributed by atoms with Crippen molar-refractivity contribution in [1.82, 2.24) is 4.90 Å². The Morgan fingerprint density at radius 2 is 1.93 bits per heavy atom. The van der Waals surface area contributed by atoms with Crippen molar-refractivity contribution in [3.05, 3.63) is 35.6 Å². The molecule has 0 N–H and O–H groups in total. The Balaban J connectivity index is 2.57. The molecule has 4 heteroatoms. The normalized spacial score (nSPS) is 10.3. The summed E-state index contributed by atoms with van der Waals surface area (Å²) < 4.78 is 17.4. The Morgan fingerprint density at radius 1 is 1.36 bits per heavy atom. The summed E-state index contributed by atoms with van der Waals surface area (Å²) in [7, 11) is 3.58. The highest BCUT2D eigenvalue weighted by atomic mass is 19.1. The first kappa shape index (κ1) is 10.7. The molecule has 0 aliphatic rings. The highest BCUT2D eigenvalue weighted by molar-refractivity contribution is 5.89. The molecule has 0 atom stereocenters. The lowest BCUT2D eigenvalue weighted by Gasteiger charge is -2.09. The minimum absolute atomic E-state index is 0.218. The molecule has 0 fully saturated rings. The maximum atomic E-state index is 12.5. The van der Waals surface area contributed by atoms with Crippen LogP contribution in [0.15, 0.2) is 24.3 Å². The third-order valence-electron chi connectivity index (χ3n) is 1.53. The molecule has 1 rings (SSSR count). The van der Waals surface area contributed by atoms with Crippen LogP contribution < -0.4 is 0 Å². The molecule has 0 aliphatic heterocycles. The van der Waals surface area contributed by atoms with Gasteiger partial charge in [-0.05, 0) is 38.4 Å². The Morgan fingerprint density at radius 3 is 2.43 bits per heavy atom. The van der Waals surface area contributed by atoms with Gasteiger partial charge in [-0.2, -0.15) is 0 Å². The van der Waals surface area contributed by atoms with E-state index in [9.17, 15) is 9.18 Å². The molecule has 0 bridgehead atoms. The summed E-state index contributed by atoms with van der Waals surface area (Å²) in [5.41, 5.74) is 0.355. The molecule has 0 saturated heterocycles. The minimum Gasteiger partial charge on any atom is -0.446 e. The zero-order valence-electron chi connectivity index (χ0n) is 8.16. The third kappa shape index (κ3) is 3.14. The third-order valence-corrected chi connectivity index (χ3v) is 1.53. The number of hydrogen-bond acceptors (Lipinski definition) is 3. The molecular formula is C10H12FNO2. The number of hydrogen-bond donors (Lipinski definition) is 0. The first-order chi connectivity index (χ1) is 6.59. The Hall–Kier alpha value is -1.42. The molecule has 0 aromatic heterocycles. The number of ether oxygens (including phenoxy) is 1. The highest BCUT2D eigenvalue weighted by Gasteiger charge is 2.06. The van der Waals surface area contributed by atoms with Gasteiger partial charge in [0, 0.05) is 0 Å². The van der Waals surface area contributed by atoms with Crippen LogP contribution in [-0.2, 0) is 4.74 Å². The zero-order valence-corrected chi connectivity index (χ0v) is 8.16. The smallest absolute Gasteiger partial charge is 0.339 e. The van der Waals surface area contributed by atoms with Crippen molar-refractivity contribution in [1.29, 1.82) is 0 Å². The van der Waals surface area contributed by atoms with Gasteiger partial charge >= 0.3 is 5.97 Å². The van der Waals surface area contributed by atoms with Gasteiger partial charge < -0.3 is 4.74 Å². The van der Waals surface area contributed by atoms with Gasteiger partial charge in [0.15, 0.2) is 0 Å². The van der Waals surface area contributed by atoms with Crippen molar-refractivity contribution < 1.29 is 13.9 Å². The maximum Gasteiger partial charge on any atom is 0.339 e. The van der Waals surface area contributed by atoms with E-state index in [-0.39, 0.29) is 12.5 Å². The average molecular weight is 197 g/mol. The number of benzene rings is 1. The van der Waals surface area contributed by atoms with Gasteiger partial charge in [-0.25, -0.2) is 9.18 Å². The zero-order chi connectivity index (χ0) is 10.6. The summed E-state index contributed by atoms with van der Waals surface area (Å²) in [6.45, 7) is 0.218. The number of carbonyl (C=O) groups excluding carboxylic acids is 1. The monoisotopic (exact) mass is 197 g/mol. The van der Waals surface area contributed by atoms with E-state index in [2.05, 4.69) is 0 Å². The largest absolute Gasteiger partial charge is 0.446 e. The van der Waals surface area contributed by atoms with Crippen LogP contribution >= 0.6 is 0 Å². The predicted molar refractivity (Wildman–Crippen MR) is 50.4 cm³/mol. The van der Waals surface area contributed by atoms with Crippen LogP contribution in [0.2, 0.25) is 0 Å². The van der Waals surface area contributed by atoms with E-state index in [4.69, 9.17) is 4.74 Å².